The molecule has 0 aromatic heterocycles. The van der Waals surface area contributed by atoms with Gasteiger partial charge in [-0.25, -0.2) is 4.39 Å². The van der Waals surface area contributed by atoms with Crippen molar-refractivity contribution in [2.45, 2.75) is 31.7 Å². The van der Waals surface area contributed by atoms with Crippen molar-refractivity contribution in [3.05, 3.63) is 35.7 Å². The summed E-state index contributed by atoms with van der Waals surface area (Å²) >= 11 is 0. The molecule has 1 aromatic carbocycles. The average molecular weight is 307 g/mol. The number of aliphatic hydroxyl groups excluding tert-OH is 1. The smallest absolute Gasteiger partial charge is 0.246 e. The summed E-state index contributed by atoms with van der Waals surface area (Å²) in [5.74, 6) is -0.336. The fourth-order valence-corrected chi connectivity index (χ4v) is 2.78. The Balaban J connectivity index is 2.06. The standard InChI is InChI=1S/C17H22FNO3/c1-22-16-12-13(5-7-15(16)18)6-8-17(21)19-10-3-2-4-14(19)9-11-20/h5-8,12,14,20H,2-4,9-11H2,1H3. The summed E-state index contributed by atoms with van der Waals surface area (Å²) in [6.07, 6.45) is 6.80. The summed E-state index contributed by atoms with van der Waals surface area (Å²) in [5.41, 5.74) is 0.710. The summed E-state index contributed by atoms with van der Waals surface area (Å²) in [7, 11) is 1.41. The lowest BCUT2D eigenvalue weighted by Gasteiger charge is -2.34. The van der Waals surface area contributed by atoms with Crippen molar-refractivity contribution < 1.29 is 19.0 Å². The summed E-state index contributed by atoms with van der Waals surface area (Å²) in [6, 6.07) is 4.58. The van der Waals surface area contributed by atoms with Gasteiger partial charge in [-0.3, -0.25) is 4.79 Å². The summed E-state index contributed by atoms with van der Waals surface area (Å²) < 4.78 is 18.3. The van der Waals surface area contributed by atoms with Crippen molar-refractivity contribution in [3.63, 3.8) is 0 Å². The Morgan fingerprint density at radius 3 is 3.05 bits per heavy atom. The molecule has 0 spiro atoms. The molecule has 4 nitrogen and oxygen atoms in total. The molecule has 1 atom stereocenters. The number of nitrogens with zero attached hydrogens (tertiary/aromatic N) is 1. The van der Waals surface area contributed by atoms with Crippen LogP contribution in [0.4, 0.5) is 4.39 Å². The van der Waals surface area contributed by atoms with Crippen molar-refractivity contribution in [1.82, 2.24) is 4.90 Å². The highest BCUT2D eigenvalue weighted by Gasteiger charge is 2.24. The highest BCUT2D eigenvalue weighted by molar-refractivity contribution is 5.92. The average Bonchev–Trinajstić information content (AvgIpc) is 2.54. The van der Waals surface area contributed by atoms with E-state index in [4.69, 9.17) is 9.84 Å². The lowest BCUT2D eigenvalue weighted by Crippen LogP contribution is -2.43. The molecule has 0 saturated carbocycles. The normalized spacial score (nSPS) is 18.7. The van der Waals surface area contributed by atoms with Crippen LogP contribution in [0.25, 0.3) is 6.08 Å². The first kappa shape index (κ1) is 16.5. The van der Waals surface area contributed by atoms with E-state index in [1.165, 1.54) is 19.3 Å². The summed E-state index contributed by atoms with van der Waals surface area (Å²) in [6.45, 7) is 0.813. The Kier molecular flexibility index (Phi) is 5.95. The molecule has 1 amide bonds. The van der Waals surface area contributed by atoms with Crippen LogP contribution in [0.15, 0.2) is 24.3 Å². The molecular weight excluding hydrogens is 285 g/mol. The van der Waals surface area contributed by atoms with E-state index in [2.05, 4.69) is 0 Å². The van der Waals surface area contributed by atoms with Gasteiger partial charge in [0.1, 0.15) is 0 Å². The minimum Gasteiger partial charge on any atom is -0.494 e. The van der Waals surface area contributed by atoms with Gasteiger partial charge in [-0.05, 0) is 49.5 Å². The number of piperidine rings is 1. The van der Waals surface area contributed by atoms with E-state index in [0.717, 1.165) is 25.8 Å². The largest absolute Gasteiger partial charge is 0.494 e. The third kappa shape index (κ3) is 4.07. The first-order valence-corrected chi connectivity index (χ1v) is 7.58. The quantitative estimate of drug-likeness (QED) is 0.851. The molecule has 5 heteroatoms. The predicted molar refractivity (Wildman–Crippen MR) is 83.0 cm³/mol. The molecule has 0 radical (unpaired) electrons. The first-order chi connectivity index (χ1) is 10.7. The maximum absolute atomic E-state index is 13.3. The number of rotatable bonds is 5. The SMILES string of the molecule is COc1cc(C=CC(=O)N2CCCCC2CCO)ccc1F. The number of hydrogen-bond donors (Lipinski definition) is 1. The van der Waals surface area contributed by atoms with Crippen LogP contribution in [0.5, 0.6) is 5.75 Å². The zero-order chi connectivity index (χ0) is 15.9. The van der Waals surface area contributed by atoms with Gasteiger partial charge < -0.3 is 14.7 Å². The zero-order valence-electron chi connectivity index (χ0n) is 12.8. The third-order valence-corrected chi connectivity index (χ3v) is 3.97. The van der Waals surface area contributed by atoms with Crippen LogP contribution in [0, 0.1) is 5.82 Å². The van der Waals surface area contributed by atoms with Gasteiger partial charge in [0.2, 0.25) is 5.91 Å². The van der Waals surface area contributed by atoms with E-state index in [-0.39, 0.29) is 24.3 Å². The minimum absolute atomic E-state index is 0.0681. The van der Waals surface area contributed by atoms with E-state index in [1.54, 1.807) is 18.2 Å². The molecule has 120 valence electrons. The number of carbonyl (C=O) groups excluding carboxylic acids is 1. The Labute approximate surface area is 130 Å². The molecule has 1 aromatic rings. The van der Waals surface area contributed by atoms with Crippen LogP contribution in [0.2, 0.25) is 0 Å². The fourth-order valence-electron chi connectivity index (χ4n) is 2.78. The number of halogens is 1. The second-order valence-corrected chi connectivity index (χ2v) is 5.42. The van der Waals surface area contributed by atoms with Crippen LogP contribution in [0.1, 0.15) is 31.2 Å². The van der Waals surface area contributed by atoms with E-state index < -0.39 is 5.82 Å². The molecule has 1 saturated heterocycles. The molecule has 22 heavy (non-hydrogen) atoms. The van der Waals surface area contributed by atoms with E-state index in [1.807, 2.05) is 4.90 Å². The Morgan fingerprint density at radius 2 is 2.32 bits per heavy atom. The van der Waals surface area contributed by atoms with Crippen LogP contribution >= 0.6 is 0 Å². The second kappa shape index (κ2) is 7.94. The molecule has 2 rings (SSSR count). The molecule has 0 aliphatic carbocycles. The molecule has 1 unspecified atom stereocenters. The van der Waals surface area contributed by atoms with Gasteiger partial charge in [0.15, 0.2) is 11.6 Å². The highest BCUT2D eigenvalue weighted by Crippen LogP contribution is 2.21. The van der Waals surface area contributed by atoms with Gasteiger partial charge in [0, 0.05) is 25.3 Å². The molecule has 1 aliphatic heterocycles. The van der Waals surface area contributed by atoms with Gasteiger partial charge in [-0.15, -0.1) is 0 Å². The van der Waals surface area contributed by atoms with Crippen molar-refractivity contribution >= 4 is 12.0 Å². The zero-order valence-corrected chi connectivity index (χ0v) is 12.8. The van der Waals surface area contributed by atoms with E-state index in [0.29, 0.717) is 12.0 Å². The number of aliphatic hydroxyl groups is 1. The lowest BCUT2D eigenvalue weighted by atomic mass is 9.99. The Morgan fingerprint density at radius 1 is 1.50 bits per heavy atom. The number of ether oxygens (including phenoxy) is 1. The van der Waals surface area contributed by atoms with Gasteiger partial charge in [0.05, 0.1) is 7.11 Å². The molecule has 1 aliphatic rings. The monoisotopic (exact) mass is 307 g/mol. The van der Waals surface area contributed by atoms with Crippen molar-refractivity contribution in [2.75, 3.05) is 20.3 Å². The van der Waals surface area contributed by atoms with E-state index in [9.17, 15) is 9.18 Å². The van der Waals surface area contributed by atoms with Crippen LogP contribution < -0.4 is 4.74 Å². The lowest BCUT2D eigenvalue weighted by molar-refractivity contribution is -0.129. The fraction of sp³-hybridized carbons (Fsp3) is 0.471. The number of benzene rings is 1. The number of amides is 1. The maximum atomic E-state index is 13.3. The van der Waals surface area contributed by atoms with Crippen LogP contribution in [0.3, 0.4) is 0 Å². The second-order valence-electron chi connectivity index (χ2n) is 5.42. The minimum atomic E-state index is -0.426. The predicted octanol–water partition coefficient (Wildman–Crippen LogP) is 2.61. The number of carbonyl (C=O) groups is 1. The topological polar surface area (TPSA) is 49.8 Å². The molecule has 1 N–H and O–H groups in total. The van der Waals surface area contributed by atoms with Gasteiger partial charge >= 0.3 is 0 Å². The molecule has 1 heterocycles. The van der Waals surface area contributed by atoms with E-state index >= 15 is 0 Å². The maximum Gasteiger partial charge on any atom is 0.246 e. The number of methoxy groups -OCH3 is 1. The molecule has 0 bridgehead atoms. The first-order valence-electron chi connectivity index (χ1n) is 7.58. The van der Waals surface area contributed by atoms with Crippen molar-refractivity contribution in [3.8, 4) is 5.75 Å². The Bertz CT molecular complexity index is 543. The number of hydrogen-bond acceptors (Lipinski definition) is 3. The third-order valence-electron chi connectivity index (χ3n) is 3.97. The summed E-state index contributed by atoms with van der Waals surface area (Å²) in [4.78, 5) is 14.1. The molecular formula is C17H22FNO3. The number of likely N-dealkylation sites (tertiary alicyclic amines) is 1. The highest BCUT2D eigenvalue weighted by atomic mass is 19.1. The molecule has 1 fully saturated rings. The van der Waals surface area contributed by atoms with Crippen molar-refractivity contribution in [1.29, 1.82) is 0 Å². The van der Waals surface area contributed by atoms with Gasteiger partial charge in [0.25, 0.3) is 0 Å². The van der Waals surface area contributed by atoms with Crippen LogP contribution in [-0.2, 0) is 4.79 Å². The van der Waals surface area contributed by atoms with Crippen molar-refractivity contribution in [2.24, 2.45) is 0 Å². The van der Waals surface area contributed by atoms with Crippen LogP contribution in [-0.4, -0.2) is 42.2 Å². The van der Waals surface area contributed by atoms with Gasteiger partial charge in [-0.1, -0.05) is 6.07 Å². The Hall–Kier alpha value is -1.88. The van der Waals surface area contributed by atoms with Gasteiger partial charge in [-0.2, -0.15) is 0 Å². The summed E-state index contributed by atoms with van der Waals surface area (Å²) in [5, 5.41) is 9.10.